The summed E-state index contributed by atoms with van der Waals surface area (Å²) in [5.74, 6) is 0.404. The maximum atomic E-state index is 12.0. The second kappa shape index (κ2) is 8.37. The minimum Gasteiger partial charge on any atom is -0.497 e. The molecule has 152 valence electrons. The van der Waals surface area contributed by atoms with Crippen molar-refractivity contribution in [2.45, 2.75) is 46.1 Å². The Hall–Kier alpha value is -2.67. The number of carbonyl (C=O) groups excluding carboxylic acids is 1. The number of thiazole rings is 1. The molecule has 4 rings (SSSR count). The van der Waals surface area contributed by atoms with Gasteiger partial charge in [-0.2, -0.15) is 5.10 Å². The number of hydrogen-bond acceptors (Lipinski definition) is 6. The highest BCUT2D eigenvalue weighted by atomic mass is 32.1. The van der Waals surface area contributed by atoms with E-state index >= 15 is 0 Å². The Morgan fingerprint density at radius 1 is 1.28 bits per heavy atom. The molecule has 0 aliphatic heterocycles. The lowest BCUT2D eigenvalue weighted by atomic mass is 10.0. The van der Waals surface area contributed by atoms with E-state index in [1.54, 1.807) is 31.4 Å². The lowest BCUT2D eigenvalue weighted by Gasteiger charge is -2.09. The highest BCUT2D eigenvalue weighted by molar-refractivity contribution is 7.19. The van der Waals surface area contributed by atoms with E-state index in [0.29, 0.717) is 18.8 Å². The van der Waals surface area contributed by atoms with Gasteiger partial charge in [-0.25, -0.2) is 9.78 Å². The molecule has 2 heterocycles. The maximum absolute atomic E-state index is 12.0. The van der Waals surface area contributed by atoms with Gasteiger partial charge < -0.3 is 9.47 Å². The first-order chi connectivity index (χ1) is 14.1. The third kappa shape index (κ3) is 4.05. The number of ether oxygens (including phenoxy) is 2. The highest BCUT2D eigenvalue weighted by Crippen LogP contribution is 2.36. The highest BCUT2D eigenvalue weighted by Gasteiger charge is 2.18. The quantitative estimate of drug-likeness (QED) is 0.535. The molecular weight excluding hydrogens is 386 g/mol. The fraction of sp³-hybridized carbons (Fsp3) is 0.409. The number of allylic oxidation sites excluding steroid dienone is 2. The van der Waals surface area contributed by atoms with Gasteiger partial charge >= 0.3 is 5.97 Å². The van der Waals surface area contributed by atoms with Gasteiger partial charge in [-0.05, 0) is 63.3 Å². The number of fused-ring (bicyclic) bond motifs is 1. The second-order valence-electron chi connectivity index (χ2n) is 7.18. The molecule has 1 aliphatic rings. The molecule has 0 N–H and O–H groups in total. The molecule has 0 saturated heterocycles. The van der Waals surface area contributed by atoms with Gasteiger partial charge in [-0.15, -0.1) is 11.3 Å². The van der Waals surface area contributed by atoms with Gasteiger partial charge in [0, 0.05) is 11.3 Å². The number of esters is 1. The summed E-state index contributed by atoms with van der Waals surface area (Å²) in [6, 6.07) is 5.81. The van der Waals surface area contributed by atoms with Crippen molar-refractivity contribution in [3.63, 3.8) is 0 Å². The van der Waals surface area contributed by atoms with Gasteiger partial charge in [0.25, 0.3) is 0 Å². The number of rotatable bonds is 6. The van der Waals surface area contributed by atoms with Crippen LogP contribution in [0.4, 0.5) is 0 Å². The van der Waals surface area contributed by atoms with Crippen LogP contribution >= 0.6 is 11.3 Å². The Kier molecular flexibility index (Phi) is 5.67. The number of aryl methyl sites for hydroxylation is 1. The van der Waals surface area contributed by atoms with Crippen LogP contribution in [-0.2, 0) is 11.3 Å². The molecular formula is C22H25N3O3S. The van der Waals surface area contributed by atoms with Crippen LogP contribution in [0, 0.1) is 6.92 Å². The Morgan fingerprint density at radius 3 is 2.86 bits per heavy atom. The molecule has 0 unspecified atom stereocenters. The maximum Gasteiger partial charge on any atom is 0.358 e. The molecule has 0 fully saturated rings. The van der Waals surface area contributed by atoms with E-state index in [1.165, 1.54) is 18.4 Å². The lowest BCUT2D eigenvalue weighted by Crippen LogP contribution is -2.09. The molecule has 0 saturated carbocycles. The third-order valence-corrected chi connectivity index (χ3v) is 6.21. The Balaban J connectivity index is 1.72. The number of nitrogens with zero attached hydrogens (tertiary/aromatic N) is 3. The topological polar surface area (TPSA) is 66.2 Å². The van der Waals surface area contributed by atoms with Crippen molar-refractivity contribution >= 4 is 33.1 Å². The molecule has 3 aromatic rings. The van der Waals surface area contributed by atoms with E-state index in [0.717, 1.165) is 45.1 Å². The molecule has 0 spiro atoms. The summed E-state index contributed by atoms with van der Waals surface area (Å²) in [6.45, 7) is 4.57. The average molecular weight is 412 g/mol. The summed E-state index contributed by atoms with van der Waals surface area (Å²) in [7, 11) is 1.68. The summed E-state index contributed by atoms with van der Waals surface area (Å²) >= 11 is 1.72. The van der Waals surface area contributed by atoms with Gasteiger partial charge in [0.15, 0.2) is 5.69 Å². The Bertz CT molecular complexity index is 1080. The summed E-state index contributed by atoms with van der Waals surface area (Å²) in [4.78, 5) is 17.0. The van der Waals surface area contributed by atoms with E-state index in [-0.39, 0.29) is 0 Å². The van der Waals surface area contributed by atoms with Crippen molar-refractivity contribution in [2.24, 2.45) is 0 Å². The zero-order valence-corrected chi connectivity index (χ0v) is 17.8. The first-order valence-electron chi connectivity index (χ1n) is 9.97. The van der Waals surface area contributed by atoms with E-state index in [4.69, 9.17) is 14.5 Å². The predicted molar refractivity (Wildman–Crippen MR) is 115 cm³/mol. The lowest BCUT2D eigenvalue weighted by molar-refractivity contribution is 0.0518. The van der Waals surface area contributed by atoms with Crippen LogP contribution in [0.15, 0.2) is 24.3 Å². The Labute approximate surface area is 174 Å². The van der Waals surface area contributed by atoms with Crippen molar-refractivity contribution in [3.8, 4) is 5.75 Å². The van der Waals surface area contributed by atoms with Crippen molar-refractivity contribution in [2.75, 3.05) is 13.7 Å². The number of hydrogen-bond donors (Lipinski definition) is 0. The molecule has 2 aromatic heterocycles. The first-order valence-corrected chi connectivity index (χ1v) is 10.8. The monoisotopic (exact) mass is 411 g/mol. The van der Waals surface area contributed by atoms with Crippen LogP contribution in [0.3, 0.4) is 0 Å². The van der Waals surface area contributed by atoms with Gasteiger partial charge in [0.2, 0.25) is 0 Å². The molecule has 0 atom stereocenters. The molecule has 7 heteroatoms. The summed E-state index contributed by atoms with van der Waals surface area (Å²) in [6.07, 6.45) is 7.02. The number of benzene rings is 1. The minimum atomic E-state index is -0.398. The number of methoxy groups -OCH3 is 1. The molecule has 6 nitrogen and oxygen atoms in total. The molecule has 29 heavy (non-hydrogen) atoms. The average Bonchev–Trinajstić information content (AvgIpc) is 3.33. The SMILES string of the molecule is CCOC(=O)c1cc(C)n(Cc2cc(OC)cc3sc(C4=CCCCC4)nc23)n1. The predicted octanol–water partition coefficient (Wildman–Crippen LogP) is 4.99. The molecule has 0 bridgehead atoms. The third-order valence-electron chi connectivity index (χ3n) is 5.13. The van der Waals surface area contributed by atoms with Crippen molar-refractivity contribution in [1.82, 2.24) is 14.8 Å². The molecule has 1 aliphatic carbocycles. The zero-order valence-electron chi connectivity index (χ0n) is 17.0. The summed E-state index contributed by atoms with van der Waals surface area (Å²) in [5, 5.41) is 5.54. The first kappa shape index (κ1) is 19.6. The van der Waals surface area contributed by atoms with Crippen LogP contribution in [0.1, 0.15) is 59.4 Å². The van der Waals surface area contributed by atoms with E-state index in [1.807, 2.05) is 23.7 Å². The molecule has 0 radical (unpaired) electrons. The van der Waals surface area contributed by atoms with E-state index in [2.05, 4.69) is 11.2 Å². The van der Waals surface area contributed by atoms with Crippen molar-refractivity contribution in [3.05, 3.63) is 46.2 Å². The van der Waals surface area contributed by atoms with Crippen LogP contribution in [0.25, 0.3) is 15.8 Å². The van der Waals surface area contributed by atoms with Crippen LogP contribution in [0.5, 0.6) is 5.75 Å². The van der Waals surface area contributed by atoms with Crippen molar-refractivity contribution in [1.29, 1.82) is 0 Å². The Morgan fingerprint density at radius 2 is 2.14 bits per heavy atom. The van der Waals surface area contributed by atoms with Crippen LogP contribution in [-0.4, -0.2) is 34.5 Å². The summed E-state index contributed by atoms with van der Waals surface area (Å²) < 4.78 is 13.5. The van der Waals surface area contributed by atoms with Gasteiger partial charge in [-0.3, -0.25) is 4.68 Å². The zero-order chi connectivity index (χ0) is 20.4. The minimum absolute atomic E-state index is 0.329. The summed E-state index contributed by atoms with van der Waals surface area (Å²) in [5.41, 5.74) is 4.58. The second-order valence-corrected chi connectivity index (χ2v) is 8.21. The van der Waals surface area contributed by atoms with Crippen molar-refractivity contribution < 1.29 is 14.3 Å². The fourth-order valence-corrected chi connectivity index (χ4v) is 4.73. The normalized spacial score (nSPS) is 14.1. The largest absolute Gasteiger partial charge is 0.497 e. The smallest absolute Gasteiger partial charge is 0.358 e. The van der Waals surface area contributed by atoms with Crippen LogP contribution < -0.4 is 4.74 Å². The standard InChI is InChI=1S/C22H25N3O3S/c1-4-28-22(26)18-10-14(2)25(24-18)13-16-11-17(27-3)12-19-20(16)23-21(29-19)15-8-6-5-7-9-15/h8,10-12H,4-7,9,13H2,1-3H3. The fourth-order valence-electron chi connectivity index (χ4n) is 3.62. The van der Waals surface area contributed by atoms with Gasteiger partial charge in [0.1, 0.15) is 10.8 Å². The van der Waals surface area contributed by atoms with E-state index < -0.39 is 5.97 Å². The molecule has 0 amide bonds. The molecule has 1 aromatic carbocycles. The number of aromatic nitrogens is 3. The van der Waals surface area contributed by atoms with Gasteiger partial charge in [-0.1, -0.05) is 6.08 Å². The van der Waals surface area contributed by atoms with E-state index in [9.17, 15) is 4.79 Å². The van der Waals surface area contributed by atoms with Gasteiger partial charge in [0.05, 0.1) is 30.5 Å². The number of carbonyl (C=O) groups is 1. The van der Waals surface area contributed by atoms with Crippen LogP contribution in [0.2, 0.25) is 0 Å².